The third kappa shape index (κ3) is 3.24. The van der Waals surface area contributed by atoms with Crippen molar-refractivity contribution in [2.75, 3.05) is 0 Å². The van der Waals surface area contributed by atoms with Crippen LogP contribution in [-0.2, 0) is 5.41 Å². The molecule has 0 aliphatic heterocycles. The van der Waals surface area contributed by atoms with Crippen LogP contribution in [-0.4, -0.2) is 5.11 Å². The molecule has 0 amide bonds. The number of aryl methyl sites for hydroxylation is 1. The number of hydrogen-bond donors (Lipinski definition) is 1. The zero-order chi connectivity index (χ0) is 17.2. The molecule has 134 valence electrons. The van der Waals surface area contributed by atoms with Crippen LogP contribution in [0.25, 0.3) is 0 Å². The summed E-state index contributed by atoms with van der Waals surface area (Å²) in [6.07, 6.45) is 15.1. The van der Waals surface area contributed by atoms with E-state index in [2.05, 4.69) is 32.9 Å². The number of aromatic hydroxyl groups is 1. The second kappa shape index (κ2) is 7.50. The lowest BCUT2D eigenvalue weighted by Gasteiger charge is -2.46. The van der Waals surface area contributed by atoms with E-state index in [4.69, 9.17) is 0 Å². The van der Waals surface area contributed by atoms with Crippen molar-refractivity contribution < 1.29 is 5.11 Å². The minimum Gasteiger partial charge on any atom is -0.507 e. The molecule has 0 spiro atoms. The van der Waals surface area contributed by atoms with Crippen LogP contribution in [0, 0.1) is 12.8 Å². The van der Waals surface area contributed by atoms with Gasteiger partial charge < -0.3 is 5.11 Å². The van der Waals surface area contributed by atoms with Gasteiger partial charge in [-0.05, 0) is 73.0 Å². The first-order valence-electron chi connectivity index (χ1n) is 10.4. The van der Waals surface area contributed by atoms with Gasteiger partial charge in [0.1, 0.15) is 5.75 Å². The van der Waals surface area contributed by atoms with Crippen molar-refractivity contribution in [3.63, 3.8) is 0 Å². The molecule has 1 heteroatoms. The van der Waals surface area contributed by atoms with E-state index < -0.39 is 0 Å². The van der Waals surface area contributed by atoms with Crippen molar-refractivity contribution in [1.82, 2.24) is 0 Å². The van der Waals surface area contributed by atoms with Gasteiger partial charge in [-0.25, -0.2) is 0 Å². The highest BCUT2D eigenvalue weighted by molar-refractivity contribution is 5.47. The number of phenols is 1. The summed E-state index contributed by atoms with van der Waals surface area (Å²) in [7, 11) is 0. The van der Waals surface area contributed by atoms with Crippen LogP contribution < -0.4 is 0 Å². The van der Waals surface area contributed by atoms with Crippen LogP contribution in [0.5, 0.6) is 5.75 Å². The fraction of sp³-hybridized carbons (Fsp3) is 0.739. The number of rotatable bonds is 4. The Morgan fingerprint density at radius 2 is 1.67 bits per heavy atom. The minimum atomic E-state index is 0.388. The van der Waals surface area contributed by atoms with Crippen LogP contribution in [0.4, 0.5) is 0 Å². The Morgan fingerprint density at radius 3 is 2.29 bits per heavy atom. The van der Waals surface area contributed by atoms with Crippen LogP contribution >= 0.6 is 0 Å². The Hall–Kier alpha value is -0.980. The highest BCUT2D eigenvalue weighted by atomic mass is 16.3. The first kappa shape index (κ1) is 17.8. The van der Waals surface area contributed by atoms with Gasteiger partial charge in [-0.2, -0.15) is 0 Å². The average Bonchev–Trinajstić information content (AvgIpc) is 2.64. The Labute approximate surface area is 148 Å². The molecule has 1 aromatic rings. The molecule has 0 radical (unpaired) electrons. The third-order valence-corrected chi connectivity index (χ3v) is 7.18. The Bertz CT molecular complexity index is 547. The maximum absolute atomic E-state index is 10.6. The first-order chi connectivity index (χ1) is 11.6. The van der Waals surface area contributed by atoms with Gasteiger partial charge in [0, 0.05) is 0 Å². The van der Waals surface area contributed by atoms with E-state index in [-0.39, 0.29) is 0 Å². The van der Waals surface area contributed by atoms with Crippen molar-refractivity contribution in [1.29, 1.82) is 0 Å². The van der Waals surface area contributed by atoms with Gasteiger partial charge in [-0.3, -0.25) is 0 Å². The van der Waals surface area contributed by atoms with Crippen molar-refractivity contribution in [3.05, 3.63) is 28.8 Å². The predicted molar refractivity (Wildman–Crippen MR) is 103 cm³/mol. The van der Waals surface area contributed by atoms with E-state index in [1.807, 2.05) is 0 Å². The van der Waals surface area contributed by atoms with Crippen molar-refractivity contribution in [2.45, 2.75) is 103 Å². The van der Waals surface area contributed by atoms with E-state index in [1.54, 1.807) is 5.56 Å². The molecule has 1 atom stereocenters. The maximum Gasteiger partial charge on any atom is 0.121 e. The van der Waals surface area contributed by atoms with Crippen molar-refractivity contribution in [2.24, 2.45) is 5.92 Å². The Balaban J connectivity index is 2.05. The number of phenolic OH excluding ortho intramolecular Hbond substituents is 1. The fourth-order valence-corrected chi connectivity index (χ4v) is 5.46. The smallest absolute Gasteiger partial charge is 0.121 e. The van der Waals surface area contributed by atoms with E-state index in [0.29, 0.717) is 17.1 Å². The summed E-state index contributed by atoms with van der Waals surface area (Å²) in [5, 5.41) is 10.6. The molecule has 2 aliphatic rings. The second-order valence-electron chi connectivity index (χ2n) is 8.59. The van der Waals surface area contributed by atoms with E-state index >= 15 is 0 Å². The summed E-state index contributed by atoms with van der Waals surface area (Å²) >= 11 is 0. The lowest BCUT2D eigenvalue weighted by Crippen LogP contribution is -2.38. The zero-order valence-corrected chi connectivity index (χ0v) is 16.0. The molecule has 0 aromatic heterocycles. The molecule has 1 aromatic carbocycles. The summed E-state index contributed by atoms with van der Waals surface area (Å²) in [4.78, 5) is 0. The molecule has 3 rings (SSSR count). The quantitative estimate of drug-likeness (QED) is 0.631. The lowest BCUT2D eigenvalue weighted by molar-refractivity contribution is 0.148. The van der Waals surface area contributed by atoms with Gasteiger partial charge in [0.25, 0.3) is 0 Å². The first-order valence-corrected chi connectivity index (χ1v) is 10.4. The molecule has 2 saturated carbocycles. The summed E-state index contributed by atoms with van der Waals surface area (Å²) in [6, 6.07) is 4.73. The second-order valence-corrected chi connectivity index (χ2v) is 8.59. The lowest BCUT2D eigenvalue weighted by atomic mass is 9.58. The fourth-order valence-electron chi connectivity index (χ4n) is 5.46. The molecule has 1 nitrogen and oxygen atoms in total. The highest BCUT2D eigenvalue weighted by Gasteiger charge is 2.41. The molecule has 1 N–H and O–H groups in total. The third-order valence-electron chi connectivity index (χ3n) is 7.18. The summed E-state index contributed by atoms with van der Waals surface area (Å²) in [5.41, 5.74) is 4.22. The standard InChI is InChI=1S/C23H36O/c1-4-17(2)21-16-20(15-18(3)22(21)24)23(13-9-6-10-14-23)19-11-7-5-8-12-19/h15-17,19,24H,4-14H2,1-3H3. The van der Waals surface area contributed by atoms with Gasteiger partial charge in [0.15, 0.2) is 0 Å². The molecule has 1 unspecified atom stereocenters. The number of benzene rings is 1. The minimum absolute atomic E-state index is 0.388. The Kier molecular flexibility index (Phi) is 5.57. The molecular formula is C23H36O. The molecular weight excluding hydrogens is 292 g/mol. The monoisotopic (exact) mass is 328 g/mol. The predicted octanol–water partition coefficient (Wildman–Crippen LogP) is 7.00. The normalized spacial score (nSPS) is 23.1. The van der Waals surface area contributed by atoms with Crippen LogP contribution in [0.15, 0.2) is 12.1 Å². The van der Waals surface area contributed by atoms with Crippen LogP contribution in [0.2, 0.25) is 0 Å². The van der Waals surface area contributed by atoms with E-state index in [1.165, 1.54) is 69.8 Å². The molecule has 0 heterocycles. The highest BCUT2D eigenvalue weighted by Crippen LogP contribution is 2.51. The molecule has 0 bridgehead atoms. The van der Waals surface area contributed by atoms with Crippen molar-refractivity contribution in [3.8, 4) is 5.75 Å². The molecule has 0 saturated heterocycles. The average molecular weight is 329 g/mol. The van der Waals surface area contributed by atoms with Gasteiger partial charge in [0.05, 0.1) is 0 Å². The van der Waals surface area contributed by atoms with Crippen LogP contribution in [0.3, 0.4) is 0 Å². The van der Waals surface area contributed by atoms with Crippen LogP contribution in [0.1, 0.15) is 107 Å². The molecule has 2 aliphatic carbocycles. The zero-order valence-electron chi connectivity index (χ0n) is 16.0. The van der Waals surface area contributed by atoms with E-state index in [0.717, 1.165) is 17.9 Å². The maximum atomic E-state index is 10.6. The van der Waals surface area contributed by atoms with Gasteiger partial charge in [-0.1, -0.05) is 64.5 Å². The topological polar surface area (TPSA) is 20.2 Å². The van der Waals surface area contributed by atoms with Gasteiger partial charge >= 0.3 is 0 Å². The number of hydrogen-bond acceptors (Lipinski definition) is 1. The van der Waals surface area contributed by atoms with Gasteiger partial charge in [-0.15, -0.1) is 0 Å². The molecule has 2 fully saturated rings. The Morgan fingerprint density at radius 1 is 1.04 bits per heavy atom. The SMILES string of the molecule is CCC(C)c1cc(C2(C3CCCCC3)CCCCC2)cc(C)c1O. The van der Waals surface area contributed by atoms with Gasteiger partial charge in [0.2, 0.25) is 0 Å². The summed E-state index contributed by atoms with van der Waals surface area (Å²) in [6.45, 7) is 6.58. The summed E-state index contributed by atoms with van der Waals surface area (Å²) < 4.78 is 0. The summed E-state index contributed by atoms with van der Waals surface area (Å²) in [5.74, 6) is 1.85. The largest absolute Gasteiger partial charge is 0.507 e. The van der Waals surface area contributed by atoms with E-state index in [9.17, 15) is 5.11 Å². The van der Waals surface area contributed by atoms with Crippen molar-refractivity contribution >= 4 is 0 Å². The molecule has 24 heavy (non-hydrogen) atoms.